The second-order valence-electron chi connectivity index (χ2n) is 7.23. The van der Waals surface area contributed by atoms with E-state index in [1.807, 2.05) is 43.6 Å². The molecule has 2 aromatic carbocycles. The van der Waals surface area contributed by atoms with Gasteiger partial charge in [-0.05, 0) is 76.4 Å². The van der Waals surface area contributed by atoms with Crippen LogP contribution in [0, 0.1) is 6.92 Å². The van der Waals surface area contributed by atoms with E-state index in [0.717, 1.165) is 33.8 Å². The molecule has 0 bridgehead atoms. The van der Waals surface area contributed by atoms with Gasteiger partial charge >= 0.3 is 6.18 Å². The van der Waals surface area contributed by atoms with Gasteiger partial charge in [0.25, 0.3) is 0 Å². The minimum atomic E-state index is -4.44. The molecule has 1 aliphatic rings. The number of hydrogen-bond acceptors (Lipinski definition) is 6. The summed E-state index contributed by atoms with van der Waals surface area (Å²) in [7, 11) is 0. The molecule has 2 N–H and O–H groups in total. The van der Waals surface area contributed by atoms with Gasteiger partial charge in [0.1, 0.15) is 0 Å². The molecule has 0 radical (unpaired) electrons. The zero-order valence-corrected chi connectivity index (χ0v) is 18.9. The molecule has 0 fully saturated rings. The molecule has 5 rings (SSSR count). The minimum Gasteiger partial charge on any atom is -0.380 e. The molecule has 32 heavy (non-hydrogen) atoms. The smallest absolute Gasteiger partial charge is 0.380 e. The predicted molar refractivity (Wildman–Crippen MR) is 121 cm³/mol. The maximum atomic E-state index is 13.1. The highest BCUT2D eigenvalue weighted by Crippen LogP contribution is 2.35. The average molecular weight is 522 g/mol. The Balaban J connectivity index is 1.34. The summed E-state index contributed by atoms with van der Waals surface area (Å²) < 4.78 is 43.7. The van der Waals surface area contributed by atoms with Gasteiger partial charge in [-0.25, -0.2) is 14.4 Å². The molecular weight excluding hydrogens is 507 g/mol. The molecule has 4 aromatic rings. The molecule has 0 aliphatic carbocycles. The number of benzene rings is 2. The van der Waals surface area contributed by atoms with Crippen molar-refractivity contribution in [1.82, 2.24) is 19.4 Å². The lowest BCUT2D eigenvalue weighted by Gasteiger charge is -2.23. The van der Waals surface area contributed by atoms with Gasteiger partial charge in [-0.3, -0.25) is 0 Å². The van der Waals surface area contributed by atoms with E-state index in [9.17, 15) is 13.2 Å². The summed E-state index contributed by atoms with van der Waals surface area (Å²) in [5, 5.41) is 4.86. The second kappa shape index (κ2) is 7.82. The van der Waals surface area contributed by atoms with E-state index in [-0.39, 0.29) is 5.52 Å². The molecule has 0 unspecified atom stereocenters. The van der Waals surface area contributed by atoms with Crippen LogP contribution < -0.4 is 10.2 Å². The Labute approximate surface area is 193 Å². The number of hydrogen-bond donors (Lipinski definition) is 2. The lowest BCUT2D eigenvalue weighted by molar-refractivity contribution is -0.137. The van der Waals surface area contributed by atoms with Crippen molar-refractivity contribution in [3.05, 3.63) is 68.8 Å². The van der Waals surface area contributed by atoms with Crippen LogP contribution in [0.3, 0.4) is 0 Å². The Hall–Kier alpha value is -3.05. The topological polar surface area (TPSA) is 66.1 Å². The summed E-state index contributed by atoms with van der Waals surface area (Å²) >= 11 is 4.64. The fourth-order valence-corrected chi connectivity index (χ4v) is 4.55. The maximum absolute atomic E-state index is 13.1. The van der Waals surface area contributed by atoms with Crippen molar-refractivity contribution in [1.29, 1.82) is 0 Å². The number of nitrogens with zero attached hydrogens (tertiary/aromatic N) is 3. The summed E-state index contributed by atoms with van der Waals surface area (Å²) in [4.78, 5) is 14.3. The van der Waals surface area contributed by atoms with Crippen LogP contribution in [0.4, 0.5) is 24.8 Å². The standard InChI is InChI=1S/C21H15BrF3N5OS/c1-11-6-14(31-30-5-4-18-12(10-30)9-26-32-18)2-3-16(11)27-20-28-17-8-13(21(23,24)25)7-15(22)19(17)29-20/h2-9H,10H2,1H3,(H2,27,28,29). The van der Waals surface area contributed by atoms with Crippen molar-refractivity contribution in [2.75, 3.05) is 5.32 Å². The normalized spacial score (nSPS) is 13.5. The molecule has 6 nitrogen and oxygen atoms in total. The number of rotatable bonds is 4. The highest BCUT2D eigenvalue weighted by Gasteiger charge is 2.31. The number of aromatic amines is 1. The molecule has 0 spiro atoms. The van der Waals surface area contributed by atoms with Crippen LogP contribution in [0.2, 0.25) is 0 Å². The first kappa shape index (κ1) is 20.8. The largest absolute Gasteiger partial charge is 0.416 e. The summed E-state index contributed by atoms with van der Waals surface area (Å²) in [6, 6.07) is 7.57. The van der Waals surface area contributed by atoms with Gasteiger partial charge in [-0.2, -0.15) is 13.2 Å². The van der Waals surface area contributed by atoms with Crippen molar-refractivity contribution in [2.45, 2.75) is 19.6 Å². The molecule has 0 amide bonds. The number of nitrogens with one attached hydrogen (secondary N) is 2. The van der Waals surface area contributed by atoms with Crippen molar-refractivity contribution in [2.24, 2.45) is 0 Å². The van der Waals surface area contributed by atoms with Gasteiger partial charge in [-0.1, -0.05) is 0 Å². The van der Waals surface area contributed by atoms with Crippen molar-refractivity contribution >= 4 is 56.2 Å². The van der Waals surface area contributed by atoms with Gasteiger partial charge in [0.2, 0.25) is 5.95 Å². The van der Waals surface area contributed by atoms with E-state index in [0.29, 0.717) is 28.2 Å². The number of aryl methyl sites for hydroxylation is 1. The molecule has 1 aliphatic heterocycles. The van der Waals surface area contributed by atoms with Crippen molar-refractivity contribution in [3.63, 3.8) is 0 Å². The molecule has 11 heteroatoms. The fraction of sp³-hybridized carbons (Fsp3) is 0.143. The van der Waals surface area contributed by atoms with E-state index in [1.54, 1.807) is 5.06 Å². The Kier molecular flexibility index (Phi) is 5.09. The summed E-state index contributed by atoms with van der Waals surface area (Å²) in [5.74, 6) is 1.000. The highest BCUT2D eigenvalue weighted by atomic mass is 79.9. The van der Waals surface area contributed by atoms with E-state index in [4.69, 9.17) is 4.84 Å². The van der Waals surface area contributed by atoms with E-state index < -0.39 is 11.7 Å². The fourth-order valence-electron chi connectivity index (χ4n) is 3.35. The first-order valence-electron chi connectivity index (χ1n) is 9.47. The van der Waals surface area contributed by atoms with Crippen LogP contribution in [0.5, 0.6) is 5.75 Å². The van der Waals surface area contributed by atoms with Gasteiger partial charge in [-0.15, -0.1) is 0 Å². The number of H-pyrrole nitrogens is 1. The Morgan fingerprint density at radius 2 is 2.09 bits per heavy atom. The number of halogens is 4. The molecule has 2 aromatic heterocycles. The van der Waals surface area contributed by atoms with E-state index in [1.165, 1.54) is 11.5 Å². The van der Waals surface area contributed by atoms with E-state index >= 15 is 0 Å². The minimum absolute atomic E-state index is 0.214. The third-order valence-corrected chi connectivity index (χ3v) is 6.37. The van der Waals surface area contributed by atoms with Crippen LogP contribution in [0.25, 0.3) is 17.1 Å². The molecule has 0 saturated carbocycles. The average Bonchev–Trinajstić information content (AvgIpc) is 3.35. The first-order valence-corrected chi connectivity index (χ1v) is 11.0. The molecule has 164 valence electrons. The Morgan fingerprint density at radius 1 is 1.25 bits per heavy atom. The lowest BCUT2D eigenvalue weighted by Crippen LogP contribution is -2.23. The number of alkyl halides is 3. The molecule has 0 saturated heterocycles. The number of fused-ring (bicyclic) bond motifs is 2. The second-order valence-corrected chi connectivity index (χ2v) is 8.92. The molecule has 0 atom stereocenters. The van der Waals surface area contributed by atoms with Crippen LogP contribution in [0.1, 0.15) is 21.6 Å². The number of anilines is 2. The van der Waals surface area contributed by atoms with Crippen molar-refractivity contribution < 1.29 is 18.0 Å². The van der Waals surface area contributed by atoms with Crippen molar-refractivity contribution in [3.8, 4) is 5.75 Å². The number of hydroxylamine groups is 2. The van der Waals surface area contributed by atoms with E-state index in [2.05, 4.69) is 35.6 Å². The van der Waals surface area contributed by atoms with Gasteiger partial charge in [0, 0.05) is 28.1 Å². The van der Waals surface area contributed by atoms with Crippen LogP contribution in [-0.2, 0) is 12.7 Å². The first-order chi connectivity index (χ1) is 15.3. The SMILES string of the molecule is Cc1cc(ON2C=Cc3sncc3C2)ccc1Nc1nc2cc(C(F)(F)F)cc(Br)c2[nH]1. The maximum Gasteiger partial charge on any atom is 0.416 e. The summed E-state index contributed by atoms with van der Waals surface area (Å²) in [6.07, 6.45) is 1.22. The quantitative estimate of drug-likeness (QED) is 0.315. The Bertz CT molecular complexity index is 1350. The number of aromatic nitrogens is 3. The monoisotopic (exact) mass is 521 g/mol. The van der Waals surface area contributed by atoms with Gasteiger partial charge in [0.15, 0.2) is 5.75 Å². The third kappa shape index (κ3) is 4.05. The number of imidazole rings is 1. The zero-order chi connectivity index (χ0) is 22.5. The van der Waals surface area contributed by atoms with Crippen LogP contribution in [-0.4, -0.2) is 19.4 Å². The molecule has 3 heterocycles. The van der Waals surface area contributed by atoms with Crippen LogP contribution >= 0.6 is 27.5 Å². The summed E-state index contributed by atoms with van der Waals surface area (Å²) in [5.41, 5.74) is 2.68. The van der Waals surface area contributed by atoms with Gasteiger partial charge in [0.05, 0.1) is 28.0 Å². The van der Waals surface area contributed by atoms with Gasteiger partial charge < -0.3 is 15.1 Å². The lowest BCUT2D eigenvalue weighted by atomic mass is 10.2. The zero-order valence-electron chi connectivity index (χ0n) is 16.5. The molecular formula is C21H15BrF3N5OS. The highest BCUT2D eigenvalue weighted by molar-refractivity contribution is 9.10. The Morgan fingerprint density at radius 3 is 2.88 bits per heavy atom. The third-order valence-electron chi connectivity index (χ3n) is 4.94. The van der Waals surface area contributed by atoms with Crippen LogP contribution in [0.15, 0.2) is 47.2 Å². The summed E-state index contributed by atoms with van der Waals surface area (Å²) in [6.45, 7) is 2.51. The predicted octanol–water partition coefficient (Wildman–Crippen LogP) is 6.63.